The Labute approximate surface area is 104 Å². The summed E-state index contributed by atoms with van der Waals surface area (Å²) in [5.41, 5.74) is 0.789. The van der Waals surface area contributed by atoms with Crippen LogP contribution in [0.15, 0.2) is 30.3 Å². The maximum absolute atomic E-state index is 11.7. The molecule has 90 valence electrons. The quantitative estimate of drug-likeness (QED) is 0.758. The number of carbonyl (C=O) groups excluding carboxylic acids is 1. The van der Waals surface area contributed by atoms with Crippen molar-refractivity contribution in [1.82, 2.24) is 0 Å². The van der Waals surface area contributed by atoms with Crippen LogP contribution in [0.2, 0.25) is 0 Å². The van der Waals surface area contributed by atoms with E-state index >= 15 is 0 Å². The highest BCUT2D eigenvalue weighted by Gasteiger charge is 2.15. The Balaban J connectivity index is 2.90. The maximum atomic E-state index is 11.7. The molecule has 0 fully saturated rings. The fraction of sp³-hybridized carbons (Fsp3) is 0.143. The summed E-state index contributed by atoms with van der Waals surface area (Å²) in [5, 5.41) is 10.4. The van der Waals surface area contributed by atoms with E-state index in [2.05, 4.69) is 6.07 Å². The SMILES string of the molecule is COC(=O)c1cccc2c(OC)ccc(C#N)c12. The summed E-state index contributed by atoms with van der Waals surface area (Å²) in [7, 11) is 2.86. The Kier molecular flexibility index (Phi) is 3.16. The van der Waals surface area contributed by atoms with E-state index in [1.54, 1.807) is 37.4 Å². The van der Waals surface area contributed by atoms with E-state index in [9.17, 15) is 4.79 Å². The number of hydrogen-bond donors (Lipinski definition) is 0. The monoisotopic (exact) mass is 241 g/mol. The number of nitrogens with zero attached hydrogens (tertiary/aromatic N) is 1. The van der Waals surface area contributed by atoms with Crippen molar-refractivity contribution < 1.29 is 14.3 Å². The zero-order chi connectivity index (χ0) is 13.1. The highest BCUT2D eigenvalue weighted by molar-refractivity contribution is 6.08. The number of nitriles is 1. The minimum atomic E-state index is -0.467. The lowest BCUT2D eigenvalue weighted by Gasteiger charge is -2.09. The summed E-state index contributed by atoms with van der Waals surface area (Å²) in [6.45, 7) is 0. The molecule has 0 aliphatic heterocycles. The minimum Gasteiger partial charge on any atom is -0.496 e. The molecular formula is C14H11NO3. The van der Waals surface area contributed by atoms with E-state index in [1.165, 1.54) is 7.11 Å². The predicted molar refractivity (Wildman–Crippen MR) is 66.6 cm³/mol. The van der Waals surface area contributed by atoms with Crippen LogP contribution in [0.5, 0.6) is 5.75 Å². The fourth-order valence-electron chi connectivity index (χ4n) is 1.93. The van der Waals surface area contributed by atoms with Crippen LogP contribution in [0, 0.1) is 11.3 Å². The first kappa shape index (κ1) is 11.9. The van der Waals surface area contributed by atoms with Gasteiger partial charge in [-0.3, -0.25) is 0 Å². The Morgan fingerprint density at radius 3 is 2.61 bits per heavy atom. The van der Waals surface area contributed by atoms with Gasteiger partial charge in [-0.1, -0.05) is 12.1 Å². The standard InChI is InChI=1S/C14H11NO3/c1-17-12-7-6-9(8-15)13-10(12)4-3-5-11(13)14(16)18-2/h3-7H,1-2H3. The van der Waals surface area contributed by atoms with Gasteiger partial charge < -0.3 is 9.47 Å². The molecule has 0 atom stereocenters. The average Bonchev–Trinajstić information content (AvgIpc) is 2.44. The van der Waals surface area contributed by atoms with Crippen LogP contribution in [0.1, 0.15) is 15.9 Å². The Morgan fingerprint density at radius 2 is 2.00 bits per heavy atom. The van der Waals surface area contributed by atoms with Gasteiger partial charge in [0.05, 0.1) is 31.4 Å². The van der Waals surface area contributed by atoms with Crippen molar-refractivity contribution in [2.45, 2.75) is 0 Å². The van der Waals surface area contributed by atoms with Crippen LogP contribution in [0.3, 0.4) is 0 Å². The lowest BCUT2D eigenvalue weighted by Crippen LogP contribution is -2.03. The lowest BCUT2D eigenvalue weighted by molar-refractivity contribution is 0.0603. The van der Waals surface area contributed by atoms with Crippen LogP contribution >= 0.6 is 0 Å². The number of rotatable bonds is 2. The van der Waals surface area contributed by atoms with Crippen molar-refractivity contribution >= 4 is 16.7 Å². The molecule has 0 amide bonds. The zero-order valence-corrected chi connectivity index (χ0v) is 10.1. The van der Waals surface area contributed by atoms with Crippen LogP contribution in [-0.4, -0.2) is 20.2 Å². The van der Waals surface area contributed by atoms with E-state index in [1.807, 2.05) is 0 Å². The highest BCUT2D eigenvalue weighted by atomic mass is 16.5. The van der Waals surface area contributed by atoms with Crippen molar-refractivity contribution in [3.8, 4) is 11.8 Å². The third-order valence-corrected chi connectivity index (χ3v) is 2.75. The topological polar surface area (TPSA) is 59.3 Å². The molecule has 0 bridgehead atoms. The molecule has 18 heavy (non-hydrogen) atoms. The first-order valence-corrected chi connectivity index (χ1v) is 5.31. The molecule has 0 unspecified atom stereocenters. The van der Waals surface area contributed by atoms with E-state index in [0.717, 1.165) is 5.39 Å². The zero-order valence-electron chi connectivity index (χ0n) is 10.1. The van der Waals surface area contributed by atoms with Gasteiger partial charge in [0.15, 0.2) is 0 Å². The molecule has 0 heterocycles. The predicted octanol–water partition coefficient (Wildman–Crippen LogP) is 2.51. The molecule has 4 nitrogen and oxygen atoms in total. The molecule has 4 heteroatoms. The number of esters is 1. The lowest BCUT2D eigenvalue weighted by atomic mass is 9.99. The number of carbonyl (C=O) groups is 1. The number of methoxy groups -OCH3 is 2. The fourth-order valence-corrected chi connectivity index (χ4v) is 1.93. The average molecular weight is 241 g/mol. The van der Waals surface area contributed by atoms with Crippen molar-refractivity contribution in [3.05, 3.63) is 41.5 Å². The molecule has 0 saturated carbocycles. The second kappa shape index (κ2) is 4.76. The molecule has 0 aromatic heterocycles. The first-order valence-electron chi connectivity index (χ1n) is 5.31. The molecule has 2 aromatic carbocycles. The summed E-state index contributed by atoms with van der Waals surface area (Å²) < 4.78 is 9.96. The van der Waals surface area contributed by atoms with Crippen molar-refractivity contribution in [3.63, 3.8) is 0 Å². The van der Waals surface area contributed by atoms with Crippen molar-refractivity contribution in [2.24, 2.45) is 0 Å². The normalized spacial score (nSPS) is 9.83. The molecule has 2 aromatic rings. The number of fused-ring (bicyclic) bond motifs is 1. The number of ether oxygens (including phenoxy) is 2. The van der Waals surface area contributed by atoms with Crippen molar-refractivity contribution in [2.75, 3.05) is 14.2 Å². The summed E-state index contributed by atoms with van der Waals surface area (Å²) >= 11 is 0. The summed E-state index contributed by atoms with van der Waals surface area (Å²) in [6, 6.07) is 10.6. The van der Waals surface area contributed by atoms with Gasteiger partial charge in [0, 0.05) is 10.8 Å². The third kappa shape index (κ3) is 1.76. The largest absolute Gasteiger partial charge is 0.496 e. The van der Waals surface area contributed by atoms with E-state index in [0.29, 0.717) is 22.3 Å². The molecule has 0 N–H and O–H groups in total. The van der Waals surface area contributed by atoms with Crippen molar-refractivity contribution in [1.29, 1.82) is 5.26 Å². The molecule has 0 saturated heterocycles. The Hall–Kier alpha value is -2.54. The maximum Gasteiger partial charge on any atom is 0.338 e. The van der Waals surface area contributed by atoms with Gasteiger partial charge in [0.2, 0.25) is 0 Å². The molecular weight excluding hydrogens is 230 g/mol. The summed E-state index contributed by atoms with van der Waals surface area (Å²) in [4.78, 5) is 11.7. The summed E-state index contributed by atoms with van der Waals surface area (Å²) in [6.07, 6.45) is 0. The van der Waals surface area contributed by atoms with Crippen LogP contribution in [0.25, 0.3) is 10.8 Å². The van der Waals surface area contributed by atoms with Crippen LogP contribution in [-0.2, 0) is 4.74 Å². The third-order valence-electron chi connectivity index (χ3n) is 2.75. The molecule has 0 radical (unpaired) electrons. The Morgan fingerprint density at radius 1 is 1.22 bits per heavy atom. The molecule has 0 aliphatic carbocycles. The highest BCUT2D eigenvalue weighted by Crippen LogP contribution is 2.31. The van der Waals surface area contributed by atoms with Gasteiger partial charge >= 0.3 is 5.97 Å². The van der Waals surface area contributed by atoms with Gasteiger partial charge in [0.1, 0.15) is 5.75 Å². The molecule has 0 spiro atoms. The van der Waals surface area contributed by atoms with E-state index in [4.69, 9.17) is 14.7 Å². The second-order valence-corrected chi connectivity index (χ2v) is 3.65. The van der Waals surface area contributed by atoms with Gasteiger partial charge in [-0.15, -0.1) is 0 Å². The smallest absolute Gasteiger partial charge is 0.338 e. The van der Waals surface area contributed by atoms with E-state index < -0.39 is 5.97 Å². The second-order valence-electron chi connectivity index (χ2n) is 3.65. The number of benzene rings is 2. The van der Waals surface area contributed by atoms with Gasteiger partial charge in [-0.05, 0) is 18.2 Å². The first-order chi connectivity index (χ1) is 8.72. The van der Waals surface area contributed by atoms with Gasteiger partial charge in [-0.25, -0.2) is 4.79 Å². The Bertz CT molecular complexity index is 656. The van der Waals surface area contributed by atoms with Gasteiger partial charge in [0.25, 0.3) is 0 Å². The van der Waals surface area contributed by atoms with Crippen LogP contribution < -0.4 is 4.74 Å². The molecule has 0 aliphatic rings. The number of hydrogen-bond acceptors (Lipinski definition) is 4. The van der Waals surface area contributed by atoms with Gasteiger partial charge in [-0.2, -0.15) is 5.26 Å². The van der Waals surface area contributed by atoms with Crippen LogP contribution in [0.4, 0.5) is 0 Å². The summed E-state index contributed by atoms with van der Waals surface area (Å²) in [5.74, 6) is 0.153. The minimum absolute atomic E-state index is 0.366. The molecule has 2 rings (SSSR count). The van der Waals surface area contributed by atoms with E-state index in [-0.39, 0.29) is 0 Å².